The predicted octanol–water partition coefficient (Wildman–Crippen LogP) is 2.22. The number of aryl methyl sites for hydroxylation is 1. The molecule has 0 unspecified atom stereocenters. The molecule has 15 heavy (non-hydrogen) atoms. The lowest BCUT2D eigenvalue weighted by Gasteiger charge is -2.09. The zero-order chi connectivity index (χ0) is 11.9. The molecular formula is C6H3F6N3. The molecule has 0 radical (unpaired) electrons. The summed E-state index contributed by atoms with van der Waals surface area (Å²) >= 11 is 0. The van der Waals surface area contributed by atoms with Gasteiger partial charge in [0.05, 0.1) is 0 Å². The van der Waals surface area contributed by atoms with Crippen LogP contribution in [0.4, 0.5) is 26.3 Å². The molecule has 0 spiro atoms. The van der Waals surface area contributed by atoms with Crippen molar-refractivity contribution in [3.63, 3.8) is 0 Å². The third kappa shape index (κ3) is 2.77. The summed E-state index contributed by atoms with van der Waals surface area (Å²) in [5.74, 6) is -4.32. The Balaban J connectivity index is 3.30. The van der Waals surface area contributed by atoms with Crippen molar-refractivity contribution >= 4 is 0 Å². The maximum atomic E-state index is 12.0. The third-order valence-corrected chi connectivity index (χ3v) is 1.25. The van der Waals surface area contributed by atoms with Crippen LogP contribution in [0.25, 0.3) is 0 Å². The van der Waals surface area contributed by atoms with Crippen molar-refractivity contribution in [3.05, 3.63) is 17.5 Å². The number of aromatic nitrogens is 3. The molecule has 1 rings (SSSR count). The molecule has 0 amide bonds. The smallest absolute Gasteiger partial charge is 0.209 e. The van der Waals surface area contributed by atoms with E-state index in [1.54, 1.807) is 0 Å². The van der Waals surface area contributed by atoms with E-state index >= 15 is 0 Å². The Kier molecular flexibility index (Phi) is 2.58. The van der Waals surface area contributed by atoms with E-state index < -0.39 is 29.8 Å². The summed E-state index contributed by atoms with van der Waals surface area (Å²) in [6.45, 7) is 0.923. The Morgan fingerprint density at radius 3 is 1.33 bits per heavy atom. The van der Waals surface area contributed by atoms with Gasteiger partial charge in [-0.05, 0) is 6.92 Å². The molecule has 0 saturated carbocycles. The molecule has 0 aliphatic carbocycles. The van der Waals surface area contributed by atoms with E-state index in [0.717, 1.165) is 6.92 Å². The first kappa shape index (κ1) is 11.7. The minimum atomic E-state index is -5.02. The molecule has 0 fully saturated rings. The minimum Gasteiger partial charge on any atom is -0.209 e. The number of halogens is 6. The topological polar surface area (TPSA) is 38.7 Å². The van der Waals surface area contributed by atoms with Crippen molar-refractivity contribution in [2.75, 3.05) is 0 Å². The fraction of sp³-hybridized carbons (Fsp3) is 0.500. The first-order valence-corrected chi connectivity index (χ1v) is 3.48. The molecule has 0 aliphatic heterocycles. The summed E-state index contributed by atoms with van der Waals surface area (Å²) in [5, 5.41) is 0. The first-order valence-electron chi connectivity index (χ1n) is 3.48. The summed E-state index contributed by atoms with van der Waals surface area (Å²) in [5.41, 5.74) is 0. The van der Waals surface area contributed by atoms with Gasteiger partial charge in [0.2, 0.25) is 11.6 Å². The Morgan fingerprint density at radius 1 is 0.733 bits per heavy atom. The quantitative estimate of drug-likeness (QED) is 0.642. The molecule has 0 atom stereocenters. The molecule has 0 N–H and O–H groups in total. The molecule has 0 saturated heterocycles. The van der Waals surface area contributed by atoms with Crippen LogP contribution in [0, 0.1) is 6.92 Å². The van der Waals surface area contributed by atoms with Crippen molar-refractivity contribution in [3.8, 4) is 0 Å². The van der Waals surface area contributed by atoms with Gasteiger partial charge >= 0.3 is 12.4 Å². The second-order valence-electron chi connectivity index (χ2n) is 2.53. The van der Waals surface area contributed by atoms with E-state index in [9.17, 15) is 26.3 Å². The third-order valence-electron chi connectivity index (χ3n) is 1.25. The van der Waals surface area contributed by atoms with Crippen LogP contribution in [-0.2, 0) is 12.4 Å². The van der Waals surface area contributed by atoms with Gasteiger partial charge in [0.15, 0.2) is 0 Å². The van der Waals surface area contributed by atoms with Gasteiger partial charge in [-0.3, -0.25) is 0 Å². The van der Waals surface area contributed by atoms with Gasteiger partial charge in [0.25, 0.3) is 0 Å². The summed E-state index contributed by atoms with van der Waals surface area (Å²) in [4.78, 5) is 7.85. The minimum absolute atomic E-state index is 0.635. The highest BCUT2D eigenvalue weighted by Gasteiger charge is 2.41. The van der Waals surface area contributed by atoms with Gasteiger partial charge in [-0.1, -0.05) is 0 Å². The number of nitrogens with zero attached hydrogens (tertiary/aromatic N) is 3. The second kappa shape index (κ2) is 3.31. The van der Waals surface area contributed by atoms with Crippen molar-refractivity contribution in [2.45, 2.75) is 19.3 Å². The summed E-state index contributed by atoms with van der Waals surface area (Å²) in [6.07, 6.45) is -10.0. The average molecular weight is 231 g/mol. The maximum absolute atomic E-state index is 12.0. The maximum Gasteiger partial charge on any atom is 0.451 e. The predicted molar refractivity (Wildman–Crippen MR) is 34.6 cm³/mol. The first-order chi connectivity index (χ1) is 6.60. The summed E-state index contributed by atoms with van der Waals surface area (Å²) in [7, 11) is 0. The molecule has 1 aromatic heterocycles. The largest absolute Gasteiger partial charge is 0.451 e. The van der Waals surface area contributed by atoms with Crippen molar-refractivity contribution in [2.24, 2.45) is 0 Å². The van der Waals surface area contributed by atoms with Crippen LogP contribution in [0.1, 0.15) is 17.5 Å². The van der Waals surface area contributed by atoms with Crippen molar-refractivity contribution in [1.29, 1.82) is 0 Å². The van der Waals surface area contributed by atoms with E-state index in [0.29, 0.717) is 0 Å². The Morgan fingerprint density at radius 2 is 1.07 bits per heavy atom. The van der Waals surface area contributed by atoms with E-state index in [-0.39, 0.29) is 0 Å². The van der Waals surface area contributed by atoms with Crippen molar-refractivity contribution < 1.29 is 26.3 Å². The van der Waals surface area contributed by atoms with Crippen LogP contribution in [0.3, 0.4) is 0 Å². The molecule has 1 aromatic rings. The highest BCUT2D eigenvalue weighted by Crippen LogP contribution is 2.30. The molecule has 9 heteroatoms. The van der Waals surface area contributed by atoms with Crippen LogP contribution in [0.5, 0.6) is 0 Å². The van der Waals surface area contributed by atoms with Gasteiger partial charge in [0.1, 0.15) is 5.82 Å². The highest BCUT2D eigenvalue weighted by atomic mass is 19.4. The zero-order valence-corrected chi connectivity index (χ0v) is 7.11. The van der Waals surface area contributed by atoms with E-state index in [4.69, 9.17) is 0 Å². The van der Waals surface area contributed by atoms with Crippen LogP contribution < -0.4 is 0 Å². The standard InChI is InChI=1S/C6H3F6N3/c1-2-13-3(5(7,8)9)15-4(14-2)6(10,11)12/h1H3. The monoisotopic (exact) mass is 231 g/mol. The van der Waals surface area contributed by atoms with Crippen LogP contribution in [-0.4, -0.2) is 15.0 Å². The lowest BCUT2D eigenvalue weighted by molar-refractivity contribution is -0.155. The number of rotatable bonds is 0. The summed E-state index contributed by atoms with van der Waals surface area (Å²) in [6, 6.07) is 0. The van der Waals surface area contributed by atoms with E-state index in [1.807, 2.05) is 0 Å². The van der Waals surface area contributed by atoms with E-state index in [1.165, 1.54) is 0 Å². The van der Waals surface area contributed by atoms with Gasteiger partial charge in [0, 0.05) is 0 Å². The lowest BCUT2D eigenvalue weighted by Crippen LogP contribution is -2.19. The molecule has 3 nitrogen and oxygen atoms in total. The normalized spacial score (nSPS) is 13.0. The van der Waals surface area contributed by atoms with Crippen molar-refractivity contribution in [1.82, 2.24) is 15.0 Å². The van der Waals surface area contributed by atoms with Gasteiger partial charge in [-0.25, -0.2) is 15.0 Å². The lowest BCUT2D eigenvalue weighted by atomic mass is 10.5. The van der Waals surface area contributed by atoms with Crippen LogP contribution >= 0.6 is 0 Å². The SMILES string of the molecule is Cc1nc(C(F)(F)F)nc(C(F)(F)F)n1. The van der Waals surface area contributed by atoms with Crippen LogP contribution in [0.15, 0.2) is 0 Å². The molecule has 0 aromatic carbocycles. The average Bonchev–Trinajstić information content (AvgIpc) is 1.99. The fourth-order valence-electron chi connectivity index (χ4n) is 0.735. The second-order valence-corrected chi connectivity index (χ2v) is 2.53. The van der Waals surface area contributed by atoms with Gasteiger partial charge in [-0.2, -0.15) is 26.3 Å². The Labute approximate surface area is 79.2 Å². The summed E-state index contributed by atoms with van der Waals surface area (Å²) < 4.78 is 72.1. The van der Waals surface area contributed by atoms with Gasteiger partial charge in [-0.15, -0.1) is 0 Å². The fourth-order valence-corrected chi connectivity index (χ4v) is 0.735. The number of hydrogen-bond donors (Lipinski definition) is 0. The molecule has 0 aliphatic rings. The number of alkyl halides is 6. The Hall–Kier alpha value is -1.41. The molecule has 0 bridgehead atoms. The van der Waals surface area contributed by atoms with Crippen LogP contribution in [0.2, 0.25) is 0 Å². The number of hydrogen-bond acceptors (Lipinski definition) is 3. The molecule has 1 heterocycles. The highest BCUT2D eigenvalue weighted by molar-refractivity contribution is 5.01. The Bertz CT molecular complexity index is 336. The van der Waals surface area contributed by atoms with Gasteiger partial charge < -0.3 is 0 Å². The molecule has 84 valence electrons. The zero-order valence-electron chi connectivity index (χ0n) is 7.11. The van der Waals surface area contributed by atoms with E-state index in [2.05, 4.69) is 15.0 Å². The molecular weight excluding hydrogens is 228 g/mol.